The van der Waals surface area contributed by atoms with Gasteiger partial charge in [-0.15, -0.1) is 0 Å². The first-order valence-electron chi connectivity index (χ1n) is 8.53. The van der Waals surface area contributed by atoms with E-state index < -0.39 is 0 Å². The summed E-state index contributed by atoms with van der Waals surface area (Å²) < 4.78 is 3.94. The van der Waals surface area contributed by atoms with E-state index >= 15 is 0 Å². The maximum atomic E-state index is 5.22. The molecule has 2 heterocycles. The molecule has 2 aromatic heterocycles. The van der Waals surface area contributed by atoms with E-state index in [1.54, 1.807) is 10.9 Å². The van der Waals surface area contributed by atoms with Crippen LogP contribution in [0, 0.1) is 18.6 Å². The molecule has 0 fully saturated rings. The number of aromatic amines is 1. The number of H-pyrrole nitrogens is 1. The van der Waals surface area contributed by atoms with Crippen molar-refractivity contribution in [3.05, 3.63) is 82.5 Å². The van der Waals surface area contributed by atoms with Crippen molar-refractivity contribution < 1.29 is 0 Å². The van der Waals surface area contributed by atoms with Crippen LogP contribution in [0.1, 0.15) is 17.0 Å². The molecule has 0 atom stereocenters. The molecule has 0 amide bonds. The molecule has 7 heteroatoms. The summed E-state index contributed by atoms with van der Waals surface area (Å²) in [5, 5.41) is 16.1. The average Bonchev–Trinajstić information content (AvgIpc) is 3.25. The second-order valence-electron chi connectivity index (χ2n) is 6.16. The Bertz CT molecular complexity index is 1170. The summed E-state index contributed by atoms with van der Waals surface area (Å²) in [5.41, 5.74) is 4.96. The molecule has 0 radical (unpaired) electrons. The fraction of sp³-hybridized carbons (Fsp3) is 0.100. The standard InChI is InChI=1S/C20H18N6S/c1-14-8-6-7-11-18(14)25-13-17(12-21-26-15(2)22-23-20(26)27)19(24-25)16-9-4-3-5-10-16/h3-13H,1-2H3,(H,23,27)/b21-12-. The highest BCUT2D eigenvalue weighted by molar-refractivity contribution is 7.71. The van der Waals surface area contributed by atoms with Gasteiger partial charge in [0.05, 0.1) is 11.9 Å². The Morgan fingerprint density at radius 1 is 1.04 bits per heavy atom. The lowest BCUT2D eigenvalue weighted by Crippen LogP contribution is -1.97. The van der Waals surface area contributed by atoms with Crippen molar-refractivity contribution in [2.24, 2.45) is 5.10 Å². The van der Waals surface area contributed by atoms with Gasteiger partial charge in [0.15, 0.2) is 0 Å². The number of aromatic nitrogens is 5. The third kappa shape index (κ3) is 3.37. The monoisotopic (exact) mass is 374 g/mol. The van der Waals surface area contributed by atoms with Crippen LogP contribution in [0.2, 0.25) is 0 Å². The predicted molar refractivity (Wildman–Crippen MR) is 109 cm³/mol. The van der Waals surface area contributed by atoms with Gasteiger partial charge in [-0.05, 0) is 37.7 Å². The van der Waals surface area contributed by atoms with E-state index in [0.29, 0.717) is 10.6 Å². The van der Waals surface area contributed by atoms with Gasteiger partial charge in [-0.25, -0.2) is 4.68 Å². The molecule has 0 unspecified atom stereocenters. The summed E-state index contributed by atoms with van der Waals surface area (Å²) in [5.74, 6) is 0.698. The molecule has 0 aliphatic carbocycles. The van der Waals surface area contributed by atoms with Crippen molar-refractivity contribution >= 4 is 18.4 Å². The average molecular weight is 374 g/mol. The molecule has 0 aliphatic rings. The molecule has 2 aromatic carbocycles. The van der Waals surface area contributed by atoms with Crippen molar-refractivity contribution in [2.75, 3.05) is 0 Å². The van der Waals surface area contributed by atoms with Crippen molar-refractivity contribution in [1.82, 2.24) is 24.7 Å². The van der Waals surface area contributed by atoms with Gasteiger partial charge >= 0.3 is 0 Å². The number of nitrogens with zero attached hydrogens (tertiary/aromatic N) is 5. The van der Waals surface area contributed by atoms with Crippen molar-refractivity contribution in [1.29, 1.82) is 0 Å². The summed E-state index contributed by atoms with van der Waals surface area (Å²) in [6, 6.07) is 18.2. The predicted octanol–water partition coefficient (Wildman–Crippen LogP) is 4.29. The number of benzene rings is 2. The quantitative estimate of drug-likeness (QED) is 0.428. The number of hydrogen-bond acceptors (Lipinski definition) is 4. The zero-order valence-electron chi connectivity index (χ0n) is 15.0. The molecule has 0 saturated carbocycles. The molecule has 4 aromatic rings. The minimum absolute atomic E-state index is 0.455. The van der Waals surface area contributed by atoms with E-state index in [9.17, 15) is 0 Å². The number of rotatable bonds is 4. The Balaban J connectivity index is 1.84. The van der Waals surface area contributed by atoms with E-state index in [4.69, 9.17) is 17.3 Å². The lowest BCUT2D eigenvalue weighted by molar-refractivity contribution is 0.821. The minimum atomic E-state index is 0.455. The van der Waals surface area contributed by atoms with E-state index in [2.05, 4.69) is 28.3 Å². The van der Waals surface area contributed by atoms with Crippen LogP contribution in [0.15, 0.2) is 65.9 Å². The van der Waals surface area contributed by atoms with Crippen LogP contribution in [0.3, 0.4) is 0 Å². The fourth-order valence-corrected chi connectivity index (χ4v) is 3.10. The highest BCUT2D eigenvalue weighted by Crippen LogP contribution is 2.23. The number of para-hydroxylation sites is 1. The van der Waals surface area contributed by atoms with Crippen molar-refractivity contribution in [3.8, 4) is 16.9 Å². The van der Waals surface area contributed by atoms with Crippen LogP contribution < -0.4 is 0 Å². The Morgan fingerprint density at radius 2 is 1.78 bits per heavy atom. The lowest BCUT2D eigenvalue weighted by Gasteiger charge is -2.04. The van der Waals surface area contributed by atoms with Crippen LogP contribution in [-0.2, 0) is 0 Å². The largest absolute Gasteiger partial charge is 0.250 e. The Kier molecular flexibility index (Phi) is 4.52. The first kappa shape index (κ1) is 17.1. The topological polar surface area (TPSA) is 63.8 Å². The van der Waals surface area contributed by atoms with Crippen LogP contribution in [0.25, 0.3) is 16.9 Å². The first-order valence-corrected chi connectivity index (χ1v) is 8.94. The molecule has 4 rings (SSSR count). The molecule has 0 aliphatic heterocycles. The van der Waals surface area contributed by atoms with Crippen LogP contribution in [0.5, 0.6) is 0 Å². The zero-order chi connectivity index (χ0) is 18.8. The molecule has 6 nitrogen and oxygen atoms in total. The number of hydrogen-bond donors (Lipinski definition) is 1. The molecule has 0 spiro atoms. The highest BCUT2D eigenvalue weighted by Gasteiger charge is 2.12. The molecular weight excluding hydrogens is 356 g/mol. The molecule has 0 bridgehead atoms. The van der Waals surface area contributed by atoms with E-state index in [1.807, 2.05) is 66.3 Å². The maximum Gasteiger partial charge on any atom is 0.216 e. The van der Waals surface area contributed by atoms with Gasteiger partial charge in [0, 0.05) is 17.3 Å². The van der Waals surface area contributed by atoms with E-state index in [-0.39, 0.29) is 0 Å². The third-order valence-corrected chi connectivity index (χ3v) is 4.54. The Labute approximate surface area is 161 Å². The van der Waals surface area contributed by atoms with Gasteiger partial charge in [0.2, 0.25) is 4.77 Å². The third-order valence-electron chi connectivity index (χ3n) is 4.28. The van der Waals surface area contributed by atoms with Crippen LogP contribution >= 0.6 is 12.2 Å². The maximum absolute atomic E-state index is 5.22. The number of aryl methyl sites for hydroxylation is 2. The van der Waals surface area contributed by atoms with Crippen molar-refractivity contribution in [2.45, 2.75) is 13.8 Å². The zero-order valence-corrected chi connectivity index (χ0v) is 15.8. The Hall–Kier alpha value is -3.32. The van der Waals surface area contributed by atoms with Crippen LogP contribution in [0.4, 0.5) is 0 Å². The molecule has 1 N–H and O–H groups in total. The van der Waals surface area contributed by atoms with Crippen molar-refractivity contribution in [3.63, 3.8) is 0 Å². The van der Waals surface area contributed by atoms with Gasteiger partial charge in [0.25, 0.3) is 0 Å². The van der Waals surface area contributed by atoms with E-state index in [0.717, 1.165) is 28.1 Å². The SMILES string of the molecule is Cc1ccccc1-n1cc(/C=N\n2c(C)n[nH]c2=S)c(-c2ccccc2)n1. The normalized spacial score (nSPS) is 11.3. The van der Waals surface area contributed by atoms with Gasteiger partial charge < -0.3 is 0 Å². The summed E-state index contributed by atoms with van der Waals surface area (Å²) in [6.07, 6.45) is 3.75. The van der Waals surface area contributed by atoms with E-state index in [1.165, 1.54) is 0 Å². The molecular formula is C20H18N6S. The minimum Gasteiger partial charge on any atom is -0.250 e. The fourth-order valence-electron chi connectivity index (χ4n) is 2.87. The number of nitrogens with one attached hydrogen (secondary N) is 1. The van der Waals surface area contributed by atoms with Gasteiger partial charge in [0.1, 0.15) is 11.5 Å². The second kappa shape index (κ2) is 7.13. The summed E-state index contributed by atoms with van der Waals surface area (Å²) in [7, 11) is 0. The molecule has 134 valence electrons. The Morgan fingerprint density at radius 3 is 2.48 bits per heavy atom. The molecule has 27 heavy (non-hydrogen) atoms. The van der Waals surface area contributed by atoms with Gasteiger partial charge in [-0.3, -0.25) is 5.10 Å². The summed E-state index contributed by atoms with van der Waals surface area (Å²) in [4.78, 5) is 0. The van der Waals surface area contributed by atoms with Crippen LogP contribution in [-0.4, -0.2) is 30.9 Å². The summed E-state index contributed by atoms with van der Waals surface area (Å²) in [6.45, 7) is 3.92. The first-order chi connectivity index (χ1) is 13.1. The van der Waals surface area contributed by atoms with Gasteiger partial charge in [-0.1, -0.05) is 48.5 Å². The van der Waals surface area contributed by atoms with Gasteiger partial charge in [-0.2, -0.15) is 20.0 Å². The summed E-state index contributed by atoms with van der Waals surface area (Å²) >= 11 is 5.22. The lowest BCUT2D eigenvalue weighted by atomic mass is 10.1. The smallest absolute Gasteiger partial charge is 0.216 e. The highest BCUT2D eigenvalue weighted by atomic mass is 32.1. The second-order valence-corrected chi connectivity index (χ2v) is 6.55. The molecule has 0 saturated heterocycles.